The van der Waals surface area contributed by atoms with Crippen molar-refractivity contribution in [3.05, 3.63) is 0 Å². The molecule has 0 unspecified atom stereocenters. The predicted molar refractivity (Wildman–Crippen MR) is 53.7 cm³/mol. The molecule has 0 atom stereocenters. The van der Waals surface area contributed by atoms with E-state index in [1.54, 1.807) is 34.6 Å². The summed E-state index contributed by atoms with van der Waals surface area (Å²) in [7, 11) is 1.30. The van der Waals surface area contributed by atoms with Gasteiger partial charge in [0.05, 0.1) is 7.11 Å². The second kappa shape index (κ2) is 3.98. The maximum absolute atomic E-state index is 11.6. The van der Waals surface area contributed by atoms with Crippen LogP contribution in [0.5, 0.6) is 0 Å². The molecule has 0 saturated heterocycles. The molecule has 14 heavy (non-hydrogen) atoms. The molecule has 0 aliphatic rings. The van der Waals surface area contributed by atoms with E-state index in [1.165, 1.54) is 7.11 Å². The molecule has 0 spiro atoms. The van der Waals surface area contributed by atoms with E-state index in [-0.39, 0.29) is 5.91 Å². The summed E-state index contributed by atoms with van der Waals surface area (Å²) >= 11 is 0. The van der Waals surface area contributed by atoms with E-state index in [0.29, 0.717) is 0 Å². The van der Waals surface area contributed by atoms with E-state index in [0.717, 1.165) is 0 Å². The number of methoxy groups -OCH3 is 1. The summed E-state index contributed by atoms with van der Waals surface area (Å²) in [6.45, 7) is 8.59. The topological polar surface area (TPSA) is 55.4 Å². The highest BCUT2D eigenvalue weighted by Crippen LogP contribution is 2.15. The zero-order valence-electron chi connectivity index (χ0n) is 9.72. The standard InChI is InChI=1S/C10H19NO3/c1-9(2,3)7(12)11-10(4,5)8(13)14-6/h1-6H3,(H,11,12). The van der Waals surface area contributed by atoms with Crippen molar-refractivity contribution >= 4 is 11.9 Å². The molecule has 0 rings (SSSR count). The summed E-state index contributed by atoms with van der Waals surface area (Å²) in [6.07, 6.45) is 0. The molecule has 0 aliphatic heterocycles. The van der Waals surface area contributed by atoms with Crippen molar-refractivity contribution in [2.75, 3.05) is 7.11 Å². The fraction of sp³-hybridized carbons (Fsp3) is 0.800. The Balaban J connectivity index is 4.53. The maximum atomic E-state index is 11.6. The smallest absolute Gasteiger partial charge is 0.330 e. The summed E-state index contributed by atoms with van der Waals surface area (Å²) in [4.78, 5) is 22.8. The lowest BCUT2D eigenvalue weighted by molar-refractivity contribution is -0.150. The molecule has 0 aliphatic carbocycles. The van der Waals surface area contributed by atoms with Crippen LogP contribution >= 0.6 is 0 Å². The van der Waals surface area contributed by atoms with Gasteiger partial charge in [-0.25, -0.2) is 4.79 Å². The molecular weight excluding hydrogens is 182 g/mol. The number of amides is 1. The third-order valence-corrected chi connectivity index (χ3v) is 1.80. The molecule has 0 aromatic heterocycles. The first-order chi connectivity index (χ1) is 6.11. The number of ether oxygens (including phenoxy) is 1. The van der Waals surface area contributed by atoms with Crippen LogP contribution in [0.25, 0.3) is 0 Å². The molecule has 0 aromatic rings. The normalized spacial score (nSPS) is 12.1. The average Bonchev–Trinajstić information content (AvgIpc) is 2.00. The van der Waals surface area contributed by atoms with Crippen LogP contribution in [0, 0.1) is 5.41 Å². The average molecular weight is 201 g/mol. The molecule has 0 bridgehead atoms. The maximum Gasteiger partial charge on any atom is 0.330 e. The molecule has 1 N–H and O–H groups in total. The van der Waals surface area contributed by atoms with Gasteiger partial charge in [0.25, 0.3) is 0 Å². The Morgan fingerprint density at radius 3 is 1.79 bits per heavy atom. The van der Waals surface area contributed by atoms with Gasteiger partial charge >= 0.3 is 5.97 Å². The molecule has 0 fully saturated rings. The van der Waals surface area contributed by atoms with Gasteiger partial charge in [-0.15, -0.1) is 0 Å². The first-order valence-corrected chi connectivity index (χ1v) is 4.52. The molecule has 4 nitrogen and oxygen atoms in total. The van der Waals surface area contributed by atoms with Crippen molar-refractivity contribution < 1.29 is 14.3 Å². The first kappa shape index (κ1) is 12.9. The molecule has 0 aromatic carbocycles. The molecule has 1 amide bonds. The number of hydrogen-bond acceptors (Lipinski definition) is 3. The zero-order valence-corrected chi connectivity index (χ0v) is 9.72. The largest absolute Gasteiger partial charge is 0.467 e. The van der Waals surface area contributed by atoms with Crippen molar-refractivity contribution in [2.45, 2.75) is 40.2 Å². The monoisotopic (exact) mass is 201 g/mol. The fourth-order valence-electron chi connectivity index (χ4n) is 0.778. The second-order valence-corrected chi connectivity index (χ2v) is 4.82. The number of rotatable bonds is 2. The second-order valence-electron chi connectivity index (χ2n) is 4.82. The Morgan fingerprint density at radius 1 is 1.07 bits per heavy atom. The minimum atomic E-state index is -0.973. The Kier molecular flexibility index (Phi) is 3.68. The summed E-state index contributed by atoms with van der Waals surface area (Å²) in [5.74, 6) is -0.622. The van der Waals surface area contributed by atoms with E-state index >= 15 is 0 Å². The Hall–Kier alpha value is -1.06. The number of esters is 1. The fourth-order valence-corrected chi connectivity index (χ4v) is 0.778. The SMILES string of the molecule is COC(=O)C(C)(C)NC(=O)C(C)(C)C. The highest BCUT2D eigenvalue weighted by molar-refractivity contribution is 5.89. The van der Waals surface area contributed by atoms with E-state index in [9.17, 15) is 9.59 Å². The van der Waals surface area contributed by atoms with E-state index in [4.69, 9.17) is 0 Å². The zero-order chi connectivity index (χ0) is 11.6. The van der Waals surface area contributed by atoms with Crippen molar-refractivity contribution in [3.63, 3.8) is 0 Å². The minimum absolute atomic E-state index is 0.173. The quantitative estimate of drug-likeness (QED) is 0.681. The van der Waals surface area contributed by atoms with Crippen molar-refractivity contribution in [1.82, 2.24) is 5.32 Å². The minimum Gasteiger partial charge on any atom is -0.467 e. The van der Waals surface area contributed by atoms with Crippen LogP contribution in [0.1, 0.15) is 34.6 Å². The first-order valence-electron chi connectivity index (χ1n) is 4.52. The van der Waals surface area contributed by atoms with Gasteiger partial charge in [-0.2, -0.15) is 0 Å². The number of carbonyl (C=O) groups is 2. The molecule has 0 heterocycles. The highest BCUT2D eigenvalue weighted by Gasteiger charge is 2.34. The van der Waals surface area contributed by atoms with Crippen LogP contribution in [0.2, 0.25) is 0 Å². The molecule has 0 saturated carbocycles. The molecule has 0 radical (unpaired) electrons. The third-order valence-electron chi connectivity index (χ3n) is 1.80. The van der Waals surface area contributed by atoms with Gasteiger partial charge in [-0.3, -0.25) is 4.79 Å². The van der Waals surface area contributed by atoms with Gasteiger partial charge < -0.3 is 10.1 Å². The van der Waals surface area contributed by atoms with Crippen LogP contribution in [0.4, 0.5) is 0 Å². The number of nitrogens with one attached hydrogen (secondary N) is 1. The van der Waals surface area contributed by atoms with Crippen molar-refractivity contribution in [1.29, 1.82) is 0 Å². The summed E-state index contributed by atoms with van der Waals surface area (Å²) in [6, 6.07) is 0. The van der Waals surface area contributed by atoms with Crippen LogP contribution in [-0.2, 0) is 14.3 Å². The van der Waals surface area contributed by atoms with Crippen molar-refractivity contribution in [3.8, 4) is 0 Å². The van der Waals surface area contributed by atoms with Gasteiger partial charge in [-0.1, -0.05) is 20.8 Å². The summed E-state index contributed by atoms with van der Waals surface area (Å²) in [5.41, 5.74) is -1.48. The van der Waals surface area contributed by atoms with Gasteiger partial charge in [0.1, 0.15) is 5.54 Å². The predicted octanol–water partition coefficient (Wildman–Crippen LogP) is 1.10. The van der Waals surface area contributed by atoms with Crippen LogP contribution in [0.15, 0.2) is 0 Å². The number of hydrogen-bond donors (Lipinski definition) is 1. The Morgan fingerprint density at radius 2 is 1.50 bits per heavy atom. The lowest BCUT2D eigenvalue weighted by Gasteiger charge is -2.27. The Bertz CT molecular complexity index is 238. The van der Waals surface area contributed by atoms with Crippen LogP contribution in [-0.4, -0.2) is 24.5 Å². The summed E-state index contributed by atoms with van der Waals surface area (Å²) < 4.78 is 4.57. The molecule has 82 valence electrons. The van der Waals surface area contributed by atoms with Gasteiger partial charge in [0, 0.05) is 5.41 Å². The van der Waals surface area contributed by atoms with E-state index < -0.39 is 16.9 Å². The third kappa shape index (κ3) is 3.36. The number of carbonyl (C=O) groups excluding carboxylic acids is 2. The van der Waals surface area contributed by atoms with Crippen LogP contribution in [0.3, 0.4) is 0 Å². The molecular formula is C10H19NO3. The lowest BCUT2D eigenvalue weighted by Crippen LogP contribution is -2.53. The lowest BCUT2D eigenvalue weighted by atomic mass is 9.93. The molecule has 4 heteroatoms. The summed E-state index contributed by atoms with van der Waals surface area (Å²) in [5, 5.41) is 2.63. The van der Waals surface area contributed by atoms with Gasteiger partial charge in [0.15, 0.2) is 0 Å². The Labute approximate surface area is 85.0 Å². The van der Waals surface area contributed by atoms with Crippen molar-refractivity contribution in [2.24, 2.45) is 5.41 Å². The van der Waals surface area contributed by atoms with Gasteiger partial charge in [-0.05, 0) is 13.8 Å². The van der Waals surface area contributed by atoms with Gasteiger partial charge in [0.2, 0.25) is 5.91 Å². The highest BCUT2D eigenvalue weighted by atomic mass is 16.5. The van der Waals surface area contributed by atoms with E-state index in [1.807, 2.05) is 0 Å². The van der Waals surface area contributed by atoms with Crippen LogP contribution < -0.4 is 5.32 Å². The van der Waals surface area contributed by atoms with E-state index in [2.05, 4.69) is 10.1 Å².